The van der Waals surface area contributed by atoms with Crippen molar-refractivity contribution in [2.24, 2.45) is 0 Å². The molecule has 0 radical (unpaired) electrons. The van der Waals surface area contributed by atoms with E-state index in [1.165, 1.54) is 0 Å². The second-order valence-electron chi connectivity index (χ2n) is 12.2. The number of fused-ring (bicyclic) bond motifs is 1. The lowest BCUT2D eigenvalue weighted by molar-refractivity contribution is 0.0474. The van der Waals surface area contributed by atoms with Gasteiger partial charge in [-0.15, -0.1) is 0 Å². The van der Waals surface area contributed by atoms with Crippen molar-refractivity contribution < 1.29 is 37.7 Å². The summed E-state index contributed by atoms with van der Waals surface area (Å²) in [5, 5.41) is 6.10. The van der Waals surface area contributed by atoms with Gasteiger partial charge in [0.2, 0.25) is 5.75 Å². The van der Waals surface area contributed by atoms with Crippen LogP contribution in [0.1, 0.15) is 56.8 Å². The van der Waals surface area contributed by atoms with E-state index in [9.17, 15) is 9.59 Å². The van der Waals surface area contributed by atoms with Crippen molar-refractivity contribution in [2.75, 3.05) is 28.4 Å². The van der Waals surface area contributed by atoms with Crippen LogP contribution in [0.15, 0.2) is 53.1 Å². The predicted molar refractivity (Wildman–Crippen MR) is 174 cm³/mol. The summed E-state index contributed by atoms with van der Waals surface area (Å²) in [6, 6.07) is 12.1. The first-order valence-corrected chi connectivity index (χ1v) is 15.2. The monoisotopic (exact) mass is 631 g/mol. The molecule has 244 valence electrons. The van der Waals surface area contributed by atoms with E-state index in [4.69, 9.17) is 28.1 Å². The van der Waals surface area contributed by atoms with Gasteiger partial charge in [-0.1, -0.05) is 12.8 Å². The summed E-state index contributed by atoms with van der Waals surface area (Å²) in [6.45, 7) is 5.46. The molecule has 2 atom stereocenters. The van der Waals surface area contributed by atoms with E-state index < -0.39 is 11.7 Å². The highest BCUT2D eigenvalue weighted by Gasteiger charge is 2.30. The molecule has 2 N–H and O–H groups in total. The number of methoxy groups -OCH3 is 4. The van der Waals surface area contributed by atoms with Crippen LogP contribution in [0.3, 0.4) is 0 Å². The minimum absolute atomic E-state index is 0.241. The Hall–Kier alpha value is -4.93. The van der Waals surface area contributed by atoms with Gasteiger partial charge in [-0.2, -0.15) is 0 Å². The highest BCUT2D eigenvalue weighted by Crippen LogP contribution is 2.43. The van der Waals surface area contributed by atoms with Crippen molar-refractivity contribution >= 4 is 23.1 Å². The second kappa shape index (κ2) is 13.6. The third kappa shape index (κ3) is 7.14. The minimum atomic E-state index is -0.615. The zero-order chi connectivity index (χ0) is 33.0. The molecule has 0 aliphatic heterocycles. The zero-order valence-corrected chi connectivity index (χ0v) is 27.3. The van der Waals surface area contributed by atoms with E-state index >= 15 is 0 Å². The molecule has 2 unspecified atom stereocenters. The van der Waals surface area contributed by atoms with Gasteiger partial charge in [0.1, 0.15) is 22.6 Å². The van der Waals surface area contributed by atoms with Crippen molar-refractivity contribution in [3.63, 3.8) is 0 Å². The van der Waals surface area contributed by atoms with Crippen molar-refractivity contribution in [1.82, 2.24) is 15.6 Å². The van der Waals surface area contributed by atoms with E-state index in [-0.39, 0.29) is 18.0 Å². The standard InChI is InChI=1S/C35H41N3O8/c1-35(2,3)46-34(40)38-26-11-9-8-10-25(26)37-33(39)22-14-20(15-23(16-22)41-4)24-12-13-36-27-19-28(45-31(24)27)21-17-29(42-5)32(44-7)30(18-21)43-6/h12-19,25-26H,8-11H2,1-7H3,(H,37,39)(H,38,40). The average molecular weight is 632 g/mol. The molecule has 2 amide bonds. The van der Waals surface area contributed by atoms with E-state index in [0.717, 1.165) is 36.8 Å². The third-order valence-electron chi connectivity index (χ3n) is 7.86. The van der Waals surface area contributed by atoms with Crippen LogP contribution < -0.4 is 29.6 Å². The van der Waals surface area contributed by atoms with Gasteiger partial charge in [-0.25, -0.2) is 4.79 Å². The number of hydrogen-bond acceptors (Lipinski definition) is 9. The molecule has 0 bridgehead atoms. The minimum Gasteiger partial charge on any atom is -0.497 e. The van der Waals surface area contributed by atoms with Crippen LogP contribution in [0.2, 0.25) is 0 Å². The van der Waals surface area contributed by atoms with E-state index in [0.29, 0.717) is 51.0 Å². The van der Waals surface area contributed by atoms with Crippen LogP contribution in [0.25, 0.3) is 33.6 Å². The topological polar surface area (TPSA) is 130 Å². The van der Waals surface area contributed by atoms with Crippen LogP contribution in [-0.4, -0.2) is 63.1 Å². The van der Waals surface area contributed by atoms with Crippen LogP contribution in [0.4, 0.5) is 4.79 Å². The third-order valence-corrected chi connectivity index (χ3v) is 7.86. The summed E-state index contributed by atoms with van der Waals surface area (Å²) in [6.07, 6.45) is 4.59. The molecule has 11 heteroatoms. The summed E-state index contributed by atoms with van der Waals surface area (Å²) >= 11 is 0. The number of amides is 2. The molecule has 4 aromatic rings. The smallest absolute Gasteiger partial charge is 0.407 e. The Bertz CT molecular complexity index is 1700. The molecular weight excluding hydrogens is 590 g/mol. The first-order chi connectivity index (χ1) is 22.0. The Morgan fingerprint density at radius 2 is 1.50 bits per heavy atom. The molecule has 1 aliphatic carbocycles. The van der Waals surface area contributed by atoms with Gasteiger partial charge >= 0.3 is 6.09 Å². The van der Waals surface area contributed by atoms with Gasteiger partial charge < -0.3 is 38.7 Å². The first kappa shape index (κ1) is 32.5. The number of ether oxygens (including phenoxy) is 5. The summed E-state index contributed by atoms with van der Waals surface area (Å²) in [4.78, 5) is 30.7. The number of hydrogen-bond donors (Lipinski definition) is 2. The number of carbonyl (C=O) groups is 2. The van der Waals surface area contributed by atoms with E-state index in [1.54, 1.807) is 46.8 Å². The molecule has 2 aromatic heterocycles. The molecule has 2 aromatic carbocycles. The SMILES string of the molecule is COc1cc(C(=O)NC2CCCCC2NC(=O)OC(C)(C)C)cc(-c2ccnc3cc(-c4cc(OC)c(OC)c(OC)c4)oc23)c1. The number of carbonyl (C=O) groups excluding carboxylic acids is 2. The van der Waals surface area contributed by atoms with Crippen molar-refractivity contribution in [3.8, 4) is 45.4 Å². The normalized spacial score (nSPS) is 16.4. The van der Waals surface area contributed by atoms with Crippen molar-refractivity contribution in [2.45, 2.75) is 64.1 Å². The number of nitrogens with one attached hydrogen (secondary N) is 2. The molecule has 2 heterocycles. The number of nitrogens with zero attached hydrogens (tertiary/aromatic N) is 1. The Kier molecular flexibility index (Phi) is 9.60. The Balaban J connectivity index is 1.45. The molecule has 5 rings (SSSR count). The van der Waals surface area contributed by atoms with Crippen LogP contribution in [0.5, 0.6) is 23.0 Å². The number of furan rings is 1. The quantitative estimate of drug-likeness (QED) is 0.206. The highest BCUT2D eigenvalue weighted by atomic mass is 16.6. The summed E-state index contributed by atoms with van der Waals surface area (Å²) in [5.41, 5.74) is 3.14. The van der Waals surface area contributed by atoms with Crippen LogP contribution in [-0.2, 0) is 4.74 Å². The molecular formula is C35H41N3O8. The maximum absolute atomic E-state index is 13.7. The van der Waals surface area contributed by atoms with Gasteiger partial charge in [0.25, 0.3) is 5.91 Å². The van der Waals surface area contributed by atoms with Crippen LogP contribution in [0, 0.1) is 0 Å². The summed E-state index contributed by atoms with van der Waals surface area (Å²) < 4.78 is 34.0. The Morgan fingerprint density at radius 3 is 2.11 bits per heavy atom. The lowest BCUT2D eigenvalue weighted by Gasteiger charge is -2.33. The molecule has 46 heavy (non-hydrogen) atoms. The first-order valence-electron chi connectivity index (χ1n) is 15.2. The fraction of sp³-hybridized carbons (Fsp3) is 0.400. The average Bonchev–Trinajstić information content (AvgIpc) is 3.48. The lowest BCUT2D eigenvalue weighted by atomic mass is 9.90. The predicted octanol–water partition coefficient (Wildman–Crippen LogP) is 6.76. The molecule has 1 fully saturated rings. The van der Waals surface area contributed by atoms with E-state index in [1.807, 2.05) is 51.1 Å². The van der Waals surface area contributed by atoms with E-state index in [2.05, 4.69) is 15.6 Å². The van der Waals surface area contributed by atoms with Gasteiger partial charge in [-0.3, -0.25) is 9.78 Å². The van der Waals surface area contributed by atoms with Gasteiger partial charge in [0.15, 0.2) is 17.1 Å². The largest absolute Gasteiger partial charge is 0.497 e. The van der Waals surface area contributed by atoms with Gasteiger partial charge in [0.05, 0.1) is 34.5 Å². The zero-order valence-electron chi connectivity index (χ0n) is 27.3. The number of benzene rings is 2. The number of rotatable bonds is 9. The fourth-order valence-electron chi connectivity index (χ4n) is 5.72. The maximum atomic E-state index is 13.7. The summed E-state index contributed by atoms with van der Waals surface area (Å²) in [7, 11) is 6.22. The van der Waals surface area contributed by atoms with Crippen molar-refractivity contribution in [1.29, 1.82) is 0 Å². The van der Waals surface area contributed by atoms with Gasteiger partial charge in [0, 0.05) is 35.0 Å². The molecule has 0 spiro atoms. The fourth-order valence-corrected chi connectivity index (χ4v) is 5.72. The lowest BCUT2D eigenvalue weighted by Crippen LogP contribution is -2.53. The number of aromatic nitrogens is 1. The van der Waals surface area contributed by atoms with Crippen LogP contribution >= 0.6 is 0 Å². The van der Waals surface area contributed by atoms with Gasteiger partial charge in [-0.05, 0) is 75.6 Å². The molecule has 11 nitrogen and oxygen atoms in total. The summed E-state index contributed by atoms with van der Waals surface area (Å²) in [5.74, 6) is 2.26. The van der Waals surface area contributed by atoms with Crippen molar-refractivity contribution in [3.05, 3.63) is 54.2 Å². The Labute approximate surface area is 268 Å². The highest BCUT2D eigenvalue weighted by molar-refractivity contribution is 5.98. The Morgan fingerprint density at radius 1 is 0.826 bits per heavy atom. The number of alkyl carbamates (subject to hydrolysis) is 1. The number of pyridine rings is 1. The second-order valence-corrected chi connectivity index (χ2v) is 12.2. The molecule has 1 saturated carbocycles. The molecule has 1 aliphatic rings. The maximum Gasteiger partial charge on any atom is 0.407 e. The molecule has 0 saturated heterocycles.